The van der Waals surface area contributed by atoms with Crippen LogP contribution in [0.15, 0.2) is 186 Å². The number of fused-ring (bicyclic) bond motifs is 15. The standard InChI is InChI=1S/C15H10Br2I2.C13H6Br2I2.C13H10Br2N2.C13H8Br2.C13H12N2.CH3I.CH4.BHNS/c1-15(2)9-5-13(18)11(16)3-7(9)8-4-12(17)14(19)6-10(8)15;2*14-10-4-8-6(2-12(10)16)1-7-3-13(17)11(15)5-9(7)8;14-10-3-1-8-5-9-2-4-11(15)7-13(9)12(8)6-10;14-10-1-3-12-8(6-10)5-9-7-11(15)2-4-13(9)12;1-2;;1-2-3/h3-6H,1-2H3;2-5H,1H2;2-5H,1,16-17H2;1-4,6-7H,5H2;1-4,6-7H,5,14-15H2;1H3;1H4;3H. The maximum absolute atomic E-state index is 5.91. The molecule has 0 heterocycles. The molecule has 89 heavy (non-hydrogen) atoms. The molecule has 0 spiro atoms. The molecule has 5 aliphatic carbocycles. The van der Waals surface area contributed by atoms with Crippen molar-refractivity contribution in [1.82, 2.24) is 0 Å². The Balaban J connectivity index is 0.000000141. The molecule has 10 aromatic carbocycles. The second-order valence-corrected chi connectivity index (χ2v) is 33.3. The van der Waals surface area contributed by atoms with Crippen LogP contribution in [-0.2, 0) is 31.1 Å². The molecule has 0 saturated heterocycles. The predicted octanol–water partition coefficient (Wildman–Crippen LogP) is 25.7. The zero-order valence-corrected chi connectivity index (χ0v) is 71.2. The van der Waals surface area contributed by atoms with Crippen molar-refractivity contribution in [3.05, 3.63) is 251 Å². The molecule has 0 aliphatic heterocycles. The first-order chi connectivity index (χ1) is 41.8. The number of benzene rings is 10. The predicted molar refractivity (Wildman–Crippen MR) is 457 cm³/mol. The van der Waals surface area contributed by atoms with E-state index < -0.39 is 0 Å². The van der Waals surface area contributed by atoms with Gasteiger partial charge in [0, 0.05) is 78.2 Å². The van der Waals surface area contributed by atoms with E-state index in [1.165, 1.54) is 143 Å². The summed E-state index contributed by atoms with van der Waals surface area (Å²) in [5, 5.41) is 0. The third kappa shape index (κ3) is 16.6. The number of nitrogens with zero attached hydrogens (tertiary/aromatic N) is 1. The van der Waals surface area contributed by atoms with E-state index in [9.17, 15) is 0 Å². The monoisotopic (exact) mass is 2260 g/mol. The van der Waals surface area contributed by atoms with E-state index in [1.807, 2.05) is 41.3 Å². The van der Waals surface area contributed by atoms with Gasteiger partial charge in [-0.15, -0.1) is 0 Å². The topological polar surface area (TPSA) is 116 Å². The van der Waals surface area contributed by atoms with E-state index in [4.69, 9.17) is 22.9 Å². The number of anilines is 4. The molecule has 1 radical (unpaired) electrons. The quantitative estimate of drug-likeness (QED) is 0.0342. The zero-order valence-electron chi connectivity index (χ0n) is 46.9. The fourth-order valence-electron chi connectivity index (χ4n) is 11.5. The third-order valence-electron chi connectivity index (χ3n) is 15.6. The summed E-state index contributed by atoms with van der Waals surface area (Å²) in [5.74, 6) is 0. The fourth-order valence-corrected chi connectivity index (χ4v) is 16.3. The first kappa shape index (κ1) is 73.9. The summed E-state index contributed by atoms with van der Waals surface area (Å²) >= 11 is 43.4. The van der Waals surface area contributed by atoms with Crippen LogP contribution in [0.5, 0.6) is 0 Å². The second-order valence-electron chi connectivity index (χ2n) is 21.4. The Kier molecular flexibility index (Phi) is 26.6. The summed E-state index contributed by atoms with van der Waals surface area (Å²) in [5.41, 5.74) is 53.5. The van der Waals surface area contributed by atoms with Gasteiger partial charge in [0.2, 0.25) is 0 Å². The third-order valence-corrected chi connectivity index (χ3v) is 27.1. The number of nitrogen functional groups attached to an aromatic ring is 4. The van der Waals surface area contributed by atoms with Gasteiger partial charge in [0.25, 0.3) is 0 Å². The molecule has 0 amide bonds. The molecule has 15 rings (SSSR count). The average Bonchev–Trinajstić information content (AvgIpc) is 1.69. The molecule has 10 aromatic rings. The SMILES string of the molecule is Brc1cc2c(cc1I)Cc1cc(I)c(Br)cc1-2.Brc1ccc2c(c1)-c1cc(Br)ccc1C2.C.CC1(C)c2cc(I)c(Br)cc2-c2cc(Br)c(I)cc21.CI.Nc1cc2c(cc1Br)-c1cc(Br)c(N)cc1C2.Nc1ccc2c(c1)Cc1cc(N)ccc1-2.[B]=NS. The Morgan fingerprint density at radius 3 is 0.978 bits per heavy atom. The van der Waals surface area contributed by atoms with Crippen molar-refractivity contribution in [3.8, 4) is 55.6 Å². The molecule has 0 saturated carbocycles. The summed E-state index contributed by atoms with van der Waals surface area (Å²) in [6, 6.07) is 51.6. The molecule has 0 aromatic heterocycles. The van der Waals surface area contributed by atoms with Crippen molar-refractivity contribution in [2.75, 3.05) is 27.9 Å². The Labute approximate surface area is 664 Å². The number of hydrogen-bond acceptors (Lipinski definition) is 6. The molecular weight excluding hydrogens is 2220 g/mol. The van der Waals surface area contributed by atoms with Gasteiger partial charge < -0.3 is 22.9 Å². The molecule has 5 nitrogen and oxygen atoms in total. The Bertz CT molecular complexity index is 4050. The van der Waals surface area contributed by atoms with Gasteiger partial charge in [0.15, 0.2) is 0 Å². The van der Waals surface area contributed by atoms with Crippen LogP contribution in [0, 0.1) is 14.3 Å². The van der Waals surface area contributed by atoms with E-state index in [-0.39, 0.29) is 12.8 Å². The van der Waals surface area contributed by atoms with Crippen molar-refractivity contribution in [2.45, 2.75) is 52.4 Å². The van der Waals surface area contributed by atoms with Gasteiger partial charge in [0.1, 0.15) is 0 Å². The molecule has 0 unspecified atom stereocenters. The summed E-state index contributed by atoms with van der Waals surface area (Å²) in [6.07, 6.45) is 3.96. The van der Waals surface area contributed by atoms with Crippen LogP contribution in [0.4, 0.5) is 22.7 Å². The number of nitrogens with two attached hydrogens (primary N) is 4. The van der Waals surface area contributed by atoms with Crippen molar-refractivity contribution in [2.24, 2.45) is 4.30 Å². The van der Waals surface area contributed by atoms with E-state index in [0.29, 0.717) is 0 Å². The number of rotatable bonds is 0. The van der Waals surface area contributed by atoms with E-state index in [2.05, 4.69) is 388 Å². The normalized spacial score (nSPS) is 12.4. The van der Waals surface area contributed by atoms with E-state index in [0.717, 1.165) is 66.3 Å². The number of halogens is 13. The van der Waals surface area contributed by atoms with Crippen molar-refractivity contribution >= 4 is 284 Å². The van der Waals surface area contributed by atoms with Crippen molar-refractivity contribution in [1.29, 1.82) is 0 Å². The molecule has 20 heteroatoms. The van der Waals surface area contributed by atoms with Crippen molar-refractivity contribution in [3.63, 3.8) is 0 Å². The van der Waals surface area contributed by atoms with Gasteiger partial charge in [-0.25, -0.2) is 0 Å². The van der Waals surface area contributed by atoms with Crippen LogP contribution in [0.2, 0.25) is 0 Å². The minimum atomic E-state index is 0. The molecule has 5 aliphatic rings. The summed E-state index contributed by atoms with van der Waals surface area (Å²) < 4.78 is 16.7. The number of alkyl halides is 1. The van der Waals surface area contributed by atoms with Crippen LogP contribution in [0.3, 0.4) is 0 Å². The van der Waals surface area contributed by atoms with Crippen LogP contribution in [0.1, 0.15) is 76.9 Å². The average molecular weight is 2270 g/mol. The first-order valence-corrected chi connectivity index (χ1v) is 39.9. The summed E-state index contributed by atoms with van der Waals surface area (Å²) in [7, 11) is 4.34. The van der Waals surface area contributed by atoms with Crippen molar-refractivity contribution < 1.29 is 0 Å². The molecule has 455 valence electrons. The van der Waals surface area contributed by atoms with Gasteiger partial charge in [-0.2, -0.15) is 0 Å². The van der Waals surface area contributed by atoms with Crippen LogP contribution < -0.4 is 22.9 Å². The van der Waals surface area contributed by atoms with Gasteiger partial charge >= 0.3 is 24.8 Å². The van der Waals surface area contributed by atoms with Crippen LogP contribution in [-0.4, -0.2) is 12.6 Å². The Hall–Kier alpha value is -0.895. The fraction of sp³-hybridized carbons (Fsp3) is 0.130. The van der Waals surface area contributed by atoms with Gasteiger partial charge in [-0.05, 0) is 449 Å². The number of hydrogen-bond donors (Lipinski definition) is 5. The second kappa shape index (κ2) is 32.0. The van der Waals surface area contributed by atoms with Gasteiger partial charge in [0.05, 0.1) is 0 Å². The van der Waals surface area contributed by atoms with Crippen LogP contribution >= 0.6 is 253 Å². The molecular formula is C69H54BBr8I5N5S. The number of thiol groups is 1. The van der Waals surface area contributed by atoms with E-state index >= 15 is 0 Å². The maximum atomic E-state index is 5.91. The van der Waals surface area contributed by atoms with Gasteiger partial charge in [-0.3, -0.25) is 0 Å². The van der Waals surface area contributed by atoms with Crippen LogP contribution in [0.25, 0.3) is 55.6 Å². The molecule has 0 bridgehead atoms. The van der Waals surface area contributed by atoms with E-state index in [1.54, 1.807) is 0 Å². The summed E-state index contributed by atoms with van der Waals surface area (Å²) in [4.78, 5) is 1.97. The summed E-state index contributed by atoms with van der Waals surface area (Å²) in [6.45, 7) is 4.62. The van der Waals surface area contributed by atoms with Gasteiger partial charge in [-0.1, -0.05) is 100.0 Å². The molecule has 0 atom stereocenters. The zero-order chi connectivity index (χ0) is 63.8. The Morgan fingerprint density at radius 1 is 0.360 bits per heavy atom. The first-order valence-electron chi connectivity index (χ1n) is 26.7. The molecule has 8 N–H and O–H groups in total. The molecule has 0 fully saturated rings. The Morgan fingerprint density at radius 2 is 0.629 bits per heavy atom. The minimum absolute atomic E-state index is 0.